The summed E-state index contributed by atoms with van der Waals surface area (Å²) in [5, 5.41) is 0.597. The Kier molecular flexibility index (Phi) is 3.00. The van der Waals surface area contributed by atoms with E-state index in [1.54, 1.807) is 18.2 Å². The summed E-state index contributed by atoms with van der Waals surface area (Å²) in [4.78, 5) is 3.17. The zero-order valence-corrected chi connectivity index (χ0v) is 12.0. The first-order valence-electron chi connectivity index (χ1n) is 6.38. The largest absolute Gasteiger partial charge is 0.399 e. The Labute approximate surface area is 117 Å². The predicted octanol–water partition coefficient (Wildman–Crippen LogP) is 1.21. The van der Waals surface area contributed by atoms with Gasteiger partial charge in [-0.25, -0.2) is 13.1 Å². The van der Waals surface area contributed by atoms with Crippen LogP contribution in [0.25, 0.3) is 10.9 Å². The van der Waals surface area contributed by atoms with Crippen LogP contribution in [0.2, 0.25) is 0 Å². The standard InChI is InChI=1S/C13H17N3O3S/c1-13(4-5-19-8-13)16-20(17,18)12-7-15-11-3-2-9(14)6-10(11)12/h2-3,6-7,15-16H,4-5,8,14H2,1H3. The summed E-state index contributed by atoms with van der Waals surface area (Å²) in [5.74, 6) is 0. The molecule has 1 aromatic carbocycles. The first-order chi connectivity index (χ1) is 9.40. The molecule has 1 aliphatic rings. The SMILES string of the molecule is CC1(NS(=O)(=O)c2c[nH]c3ccc(N)cc23)CCOC1. The maximum Gasteiger partial charge on any atom is 0.243 e. The van der Waals surface area contributed by atoms with Gasteiger partial charge in [0.1, 0.15) is 4.90 Å². The molecule has 20 heavy (non-hydrogen) atoms. The molecule has 0 spiro atoms. The maximum atomic E-state index is 12.6. The Morgan fingerprint density at radius 2 is 2.25 bits per heavy atom. The number of ether oxygens (including phenoxy) is 1. The molecule has 1 fully saturated rings. The topological polar surface area (TPSA) is 97.2 Å². The van der Waals surface area contributed by atoms with Crippen LogP contribution in [0.15, 0.2) is 29.3 Å². The van der Waals surface area contributed by atoms with Gasteiger partial charge in [0.05, 0.1) is 12.1 Å². The van der Waals surface area contributed by atoms with Gasteiger partial charge in [-0.15, -0.1) is 0 Å². The molecule has 1 saturated heterocycles. The lowest BCUT2D eigenvalue weighted by atomic mass is 10.0. The number of aromatic amines is 1. The van der Waals surface area contributed by atoms with E-state index in [0.717, 1.165) is 5.52 Å². The Balaban J connectivity index is 2.03. The van der Waals surface area contributed by atoms with Crippen LogP contribution in [0, 0.1) is 0 Å². The van der Waals surface area contributed by atoms with Crippen LogP contribution in [0.4, 0.5) is 5.69 Å². The number of nitrogen functional groups attached to an aromatic ring is 1. The number of anilines is 1. The molecular formula is C13H17N3O3S. The molecular weight excluding hydrogens is 278 g/mol. The quantitative estimate of drug-likeness (QED) is 0.741. The van der Waals surface area contributed by atoms with E-state index in [4.69, 9.17) is 10.5 Å². The number of H-pyrrole nitrogens is 1. The molecule has 1 aliphatic heterocycles. The van der Waals surface area contributed by atoms with Gasteiger partial charge in [-0.3, -0.25) is 0 Å². The van der Waals surface area contributed by atoms with E-state index in [2.05, 4.69) is 9.71 Å². The van der Waals surface area contributed by atoms with Crippen molar-refractivity contribution in [2.24, 2.45) is 0 Å². The first kappa shape index (κ1) is 13.4. The van der Waals surface area contributed by atoms with Crippen LogP contribution in [0.3, 0.4) is 0 Å². The molecule has 1 aromatic heterocycles. The highest BCUT2D eigenvalue weighted by Gasteiger charge is 2.35. The lowest BCUT2D eigenvalue weighted by Crippen LogP contribution is -2.46. The van der Waals surface area contributed by atoms with Crippen molar-refractivity contribution in [3.63, 3.8) is 0 Å². The van der Waals surface area contributed by atoms with Gasteiger partial charge in [-0.05, 0) is 31.5 Å². The van der Waals surface area contributed by atoms with Crippen LogP contribution >= 0.6 is 0 Å². The average molecular weight is 295 g/mol. The molecule has 0 bridgehead atoms. The predicted molar refractivity (Wildman–Crippen MR) is 76.9 cm³/mol. The van der Waals surface area contributed by atoms with Crippen molar-refractivity contribution in [2.75, 3.05) is 18.9 Å². The summed E-state index contributed by atoms with van der Waals surface area (Å²) in [6, 6.07) is 5.16. The molecule has 0 radical (unpaired) electrons. The van der Waals surface area contributed by atoms with E-state index in [-0.39, 0.29) is 4.90 Å². The van der Waals surface area contributed by atoms with E-state index in [9.17, 15) is 8.42 Å². The van der Waals surface area contributed by atoms with Crippen LogP contribution in [0.1, 0.15) is 13.3 Å². The lowest BCUT2D eigenvalue weighted by Gasteiger charge is -2.22. The van der Waals surface area contributed by atoms with Gasteiger partial charge in [0.15, 0.2) is 0 Å². The number of hydrogen-bond donors (Lipinski definition) is 3. The Morgan fingerprint density at radius 1 is 1.45 bits per heavy atom. The Hall–Kier alpha value is -1.57. The minimum Gasteiger partial charge on any atom is -0.399 e. The van der Waals surface area contributed by atoms with Crippen LogP contribution < -0.4 is 10.5 Å². The highest BCUT2D eigenvalue weighted by molar-refractivity contribution is 7.89. The second-order valence-electron chi connectivity index (χ2n) is 5.43. The second kappa shape index (κ2) is 4.47. The molecule has 3 rings (SSSR count). The van der Waals surface area contributed by atoms with Gasteiger partial charge in [0, 0.05) is 29.4 Å². The molecule has 1 atom stereocenters. The number of sulfonamides is 1. The summed E-state index contributed by atoms with van der Waals surface area (Å²) < 4.78 is 33.1. The molecule has 108 valence electrons. The zero-order valence-electron chi connectivity index (χ0n) is 11.1. The fourth-order valence-corrected chi connectivity index (χ4v) is 4.05. The van der Waals surface area contributed by atoms with Gasteiger partial charge in [-0.1, -0.05) is 0 Å². The van der Waals surface area contributed by atoms with Crippen molar-refractivity contribution < 1.29 is 13.2 Å². The van der Waals surface area contributed by atoms with Crippen LogP contribution in [-0.4, -0.2) is 32.2 Å². The third kappa shape index (κ3) is 2.28. The van der Waals surface area contributed by atoms with E-state index >= 15 is 0 Å². The minimum absolute atomic E-state index is 0.216. The van der Waals surface area contributed by atoms with Crippen molar-refractivity contribution in [3.8, 4) is 0 Å². The van der Waals surface area contributed by atoms with Crippen molar-refractivity contribution in [1.29, 1.82) is 0 Å². The number of hydrogen-bond acceptors (Lipinski definition) is 4. The fraction of sp³-hybridized carbons (Fsp3) is 0.385. The van der Waals surface area contributed by atoms with E-state index in [0.29, 0.717) is 30.7 Å². The molecule has 7 heteroatoms. The van der Waals surface area contributed by atoms with E-state index < -0.39 is 15.6 Å². The number of aromatic nitrogens is 1. The second-order valence-corrected chi connectivity index (χ2v) is 7.08. The minimum atomic E-state index is -3.62. The van der Waals surface area contributed by atoms with Gasteiger partial charge in [0.25, 0.3) is 0 Å². The average Bonchev–Trinajstić information content (AvgIpc) is 2.94. The molecule has 2 heterocycles. The summed E-state index contributed by atoms with van der Waals surface area (Å²) in [5.41, 5.74) is 6.46. The number of nitrogens with one attached hydrogen (secondary N) is 2. The van der Waals surface area contributed by atoms with Gasteiger partial charge < -0.3 is 15.5 Å². The molecule has 1 unspecified atom stereocenters. The molecule has 0 amide bonds. The summed E-state index contributed by atoms with van der Waals surface area (Å²) >= 11 is 0. The van der Waals surface area contributed by atoms with Crippen molar-refractivity contribution in [1.82, 2.24) is 9.71 Å². The van der Waals surface area contributed by atoms with Gasteiger partial charge in [-0.2, -0.15) is 0 Å². The highest BCUT2D eigenvalue weighted by Crippen LogP contribution is 2.27. The number of benzene rings is 1. The molecule has 0 aliphatic carbocycles. The molecule has 0 saturated carbocycles. The van der Waals surface area contributed by atoms with Crippen molar-refractivity contribution in [2.45, 2.75) is 23.8 Å². The third-order valence-corrected chi connectivity index (χ3v) is 5.24. The van der Waals surface area contributed by atoms with Crippen LogP contribution in [0.5, 0.6) is 0 Å². The lowest BCUT2D eigenvalue weighted by molar-refractivity contribution is 0.178. The van der Waals surface area contributed by atoms with Crippen molar-refractivity contribution in [3.05, 3.63) is 24.4 Å². The molecule has 4 N–H and O–H groups in total. The smallest absolute Gasteiger partial charge is 0.243 e. The summed E-state index contributed by atoms with van der Waals surface area (Å²) in [6.45, 7) is 2.80. The van der Waals surface area contributed by atoms with E-state index in [1.165, 1.54) is 6.20 Å². The van der Waals surface area contributed by atoms with E-state index in [1.807, 2.05) is 6.92 Å². The van der Waals surface area contributed by atoms with Crippen molar-refractivity contribution >= 4 is 26.6 Å². The molecule has 6 nitrogen and oxygen atoms in total. The number of fused-ring (bicyclic) bond motifs is 1. The van der Waals surface area contributed by atoms with Gasteiger partial charge in [0.2, 0.25) is 10.0 Å². The number of rotatable bonds is 3. The highest BCUT2D eigenvalue weighted by atomic mass is 32.2. The summed E-state index contributed by atoms with van der Waals surface area (Å²) in [7, 11) is -3.62. The maximum absolute atomic E-state index is 12.6. The molecule has 2 aromatic rings. The Bertz CT molecular complexity index is 745. The zero-order chi connectivity index (χ0) is 14.4. The fourth-order valence-electron chi connectivity index (χ4n) is 2.46. The third-order valence-electron chi connectivity index (χ3n) is 3.56. The first-order valence-corrected chi connectivity index (χ1v) is 7.86. The monoisotopic (exact) mass is 295 g/mol. The van der Waals surface area contributed by atoms with Crippen LogP contribution in [-0.2, 0) is 14.8 Å². The Morgan fingerprint density at radius 3 is 2.95 bits per heavy atom. The van der Waals surface area contributed by atoms with Gasteiger partial charge >= 0.3 is 0 Å². The normalized spacial score (nSPS) is 23.4. The number of nitrogens with two attached hydrogens (primary N) is 1. The summed E-state index contributed by atoms with van der Waals surface area (Å²) in [6.07, 6.45) is 2.16.